The Morgan fingerprint density at radius 1 is 1.07 bits per heavy atom. The molecule has 0 aliphatic rings. The lowest BCUT2D eigenvalue weighted by Crippen LogP contribution is -2.31. The van der Waals surface area contributed by atoms with Crippen LogP contribution in [0.25, 0.3) is 0 Å². The Balaban J connectivity index is 1.67. The van der Waals surface area contributed by atoms with E-state index >= 15 is 0 Å². The molecule has 3 aromatic rings. The van der Waals surface area contributed by atoms with Gasteiger partial charge in [0.2, 0.25) is 5.95 Å². The van der Waals surface area contributed by atoms with Crippen molar-refractivity contribution in [3.63, 3.8) is 0 Å². The van der Waals surface area contributed by atoms with Gasteiger partial charge in [0.1, 0.15) is 11.4 Å². The van der Waals surface area contributed by atoms with Crippen molar-refractivity contribution in [2.24, 2.45) is 0 Å². The predicted molar refractivity (Wildman–Crippen MR) is 111 cm³/mol. The summed E-state index contributed by atoms with van der Waals surface area (Å²) in [7, 11) is 1.66. The molecule has 0 spiro atoms. The molecule has 28 heavy (non-hydrogen) atoms. The minimum absolute atomic E-state index is 0.149. The summed E-state index contributed by atoms with van der Waals surface area (Å²) in [5.41, 5.74) is 2.31. The second kappa shape index (κ2) is 9.50. The van der Waals surface area contributed by atoms with Crippen molar-refractivity contribution in [2.45, 2.75) is 13.3 Å². The van der Waals surface area contributed by atoms with E-state index in [1.807, 2.05) is 61.5 Å². The summed E-state index contributed by atoms with van der Waals surface area (Å²) < 4.78 is 5.37. The van der Waals surface area contributed by atoms with Gasteiger partial charge in [0, 0.05) is 25.0 Å². The van der Waals surface area contributed by atoms with Gasteiger partial charge < -0.3 is 15.0 Å². The molecule has 0 bridgehead atoms. The van der Waals surface area contributed by atoms with Crippen LogP contribution in [0.4, 0.5) is 11.6 Å². The van der Waals surface area contributed by atoms with Gasteiger partial charge in [0.15, 0.2) is 0 Å². The number of amides is 1. The maximum Gasteiger partial charge on any atom is 0.277 e. The van der Waals surface area contributed by atoms with Crippen LogP contribution in [0.2, 0.25) is 0 Å². The topological polar surface area (TPSA) is 67.4 Å². The predicted octanol–water partition coefficient (Wildman–Crippen LogP) is 3.81. The van der Waals surface area contributed by atoms with Gasteiger partial charge in [-0.25, -0.2) is 9.97 Å². The molecule has 0 fully saturated rings. The van der Waals surface area contributed by atoms with E-state index in [-0.39, 0.29) is 5.91 Å². The molecule has 0 unspecified atom stereocenters. The monoisotopic (exact) mass is 376 g/mol. The number of carbonyl (C=O) groups is 1. The van der Waals surface area contributed by atoms with Crippen LogP contribution in [0, 0.1) is 0 Å². The molecule has 1 amide bonds. The third kappa shape index (κ3) is 4.65. The van der Waals surface area contributed by atoms with Gasteiger partial charge in [0.25, 0.3) is 5.91 Å². The highest BCUT2D eigenvalue weighted by molar-refractivity contribution is 6.04. The van der Waals surface area contributed by atoms with E-state index < -0.39 is 0 Å². The fourth-order valence-electron chi connectivity index (χ4n) is 2.97. The second-order valence-corrected chi connectivity index (χ2v) is 6.14. The largest absolute Gasteiger partial charge is 0.496 e. The summed E-state index contributed by atoms with van der Waals surface area (Å²) in [6, 6.07) is 19.1. The van der Waals surface area contributed by atoms with Crippen molar-refractivity contribution in [3.05, 3.63) is 78.1 Å². The number of methoxy groups -OCH3 is 1. The highest BCUT2D eigenvalue weighted by Crippen LogP contribution is 2.18. The fraction of sp³-hybridized carbons (Fsp3) is 0.227. The molecule has 0 aliphatic heterocycles. The van der Waals surface area contributed by atoms with Crippen LogP contribution in [-0.4, -0.2) is 36.1 Å². The van der Waals surface area contributed by atoms with Gasteiger partial charge >= 0.3 is 0 Å². The lowest BCUT2D eigenvalue weighted by atomic mass is 10.1. The molecule has 1 N–H and O–H groups in total. The molecule has 3 rings (SSSR count). The smallest absolute Gasteiger partial charge is 0.277 e. The average Bonchev–Trinajstić information content (AvgIpc) is 2.75. The van der Waals surface area contributed by atoms with Gasteiger partial charge in [-0.15, -0.1) is 0 Å². The molecule has 6 heteroatoms. The number of anilines is 2. The lowest BCUT2D eigenvalue weighted by Gasteiger charge is -2.20. The minimum Gasteiger partial charge on any atom is -0.496 e. The highest BCUT2D eigenvalue weighted by Gasteiger charge is 2.17. The minimum atomic E-state index is -0.149. The molecular formula is C22H24N4O2. The van der Waals surface area contributed by atoms with Crippen molar-refractivity contribution < 1.29 is 9.53 Å². The highest BCUT2D eigenvalue weighted by atomic mass is 16.5. The number of nitrogens with zero attached hydrogens (tertiary/aromatic N) is 3. The molecule has 0 saturated heterocycles. The molecule has 6 nitrogen and oxygen atoms in total. The van der Waals surface area contributed by atoms with E-state index in [1.165, 1.54) is 0 Å². The summed E-state index contributed by atoms with van der Waals surface area (Å²) in [4.78, 5) is 23.2. The number of nitrogens with one attached hydrogen (secondary N) is 1. The van der Waals surface area contributed by atoms with Crippen LogP contribution in [0.15, 0.2) is 66.9 Å². The Kier molecular flexibility index (Phi) is 6.57. The normalized spacial score (nSPS) is 10.4. The van der Waals surface area contributed by atoms with Crippen molar-refractivity contribution >= 4 is 17.5 Å². The quantitative estimate of drug-likeness (QED) is 0.648. The van der Waals surface area contributed by atoms with Crippen molar-refractivity contribution in [2.75, 3.05) is 30.4 Å². The summed E-state index contributed by atoms with van der Waals surface area (Å²) in [6.07, 6.45) is 2.36. The van der Waals surface area contributed by atoms with E-state index in [2.05, 4.69) is 15.3 Å². The molecule has 0 aliphatic carbocycles. The standard InChI is InChI=1S/C22H24N4O2/c1-3-26(18-10-5-4-6-11-18)21(27)19-14-16-24-22(25-19)23-15-13-17-9-7-8-12-20(17)28-2/h4-12,14,16H,3,13,15H2,1-2H3,(H,23,24,25). The number of ether oxygens (including phenoxy) is 1. The van der Waals surface area contributed by atoms with Crippen molar-refractivity contribution in [1.29, 1.82) is 0 Å². The first-order valence-electron chi connectivity index (χ1n) is 9.28. The molecule has 1 aromatic heterocycles. The van der Waals surface area contributed by atoms with Gasteiger partial charge in [0.05, 0.1) is 7.11 Å². The second-order valence-electron chi connectivity index (χ2n) is 6.14. The third-order valence-corrected chi connectivity index (χ3v) is 4.37. The number of para-hydroxylation sites is 2. The number of benzene rings is 2. The third-order valence-electron chi connectivity index (χ3n) is 4.37. The Hall–Kier alpha value is -3.41. The van der Waals surface area contributed by atoms with Gasteiger partial charge in [-0.1, -0.05) is 36.4 Å². The Morgan fingerprint density at radius 3 is 2.57 bits per heavy atom. The van der Waals surface area contributed by atoms with E-state index in [0.29, 0.717) is 24.7 Å². The molecule has 0 atom stereocenters. The van der Waals surface area contributed by atoms with Crippen LogP contribution in [0.3, 0.4) is 0 Å². The van der Waals surface area contributed by atoms with Crippen molar-refractivity contribution in [3.8, 4) is 5.75 Å². The number of rotatable bonds is 8. The molecule has 2 aromatic carbocycles. The van der Waals surface area contributed by atoms with Crippen LogP contribution >= 0.6 is 0 Å². The van der Waals surface area contributed by atoms with Gasteiger partial charge in [-0.05, 0) is 43.2 Å². The Labute approximate surface area is 165 Å². The summed E-state index contributed by atoms with van der Waals surface area (Å²) >= 11 is 0. The van der Waals surface area contributed by atoms with Crippen molar-refractivity contribution in [1.82, 2.24) is 9.97 Å². The molecule has 0 radical (unpaired) electrons. The van der Waals surface area contributed by atoms with Gasteiger partial charge in [-0.2, -0.15) is 0 Å². The maximum absolute atomic E-state index is 12.9. The maximum atomic E-state index is 12.9. The molecule has 0 saturated carbocycles. The molecule has 1 heterocycles. The number of hydrogen-bond acceptors (Lipinski definition) is 5. The SMILES string of the molecule is CCN(C(=O)c1ccnc(NCCc2ccccc2OC)n1)c1ccccc1. The molecule has 144 valence electrons. The van der Waals surface area contributed by atoms with Crippen LogP contribution in [0.1, 0.15) is 23.0 Å². The van der Waals surface area contributed by atoms with E-state index in [0.717, 1.165) is 23.4 Å². The lowest BCUT2D eigenvalue weighted by molar-refractivity contribution is 0.0983. The fourth-order valence-corrected chi connectivity index (χ4v) is 2.97. The van der Waals surface area contributed by atoms with E-state index in [1.54, 1.807) is 24.3 Å². The first-order chi connectivity index (χ1) is 13.7. The zero-order valence-electron chi connectivity index (χ0n) is 16.1. The van der Waals surface area contributed by atoms with Crippen LogP contribution in [0.5, 0.6) is 5.75 Å². The van der Waals surface area contributed by atoms with E-state index in [4.69, 9.17) is 4.74 Å². The number of carbonyl (C=O) groups excluding carboxylic acids is 1. The summed E-state index contributed by atoms with van der Waals surface area (Å²) in [5, 5.41) is 3.19. The Bertz CT molecular complexity index is 915. The van der Waals surface area contributed by atoms with Gasteiger partial charge in [-0.3, -0.25) is 4.79 Å². The number of aromatic nitrogens is 2. The summed E-state index contributed by atoms with van der Waals surface area (Å²) in [5.74, 6) is 1.14. The number of hydrogen-bond donors (Lipinski definition) is 1. The van der Waals surface area contributed by atoms with E-state index in [9.17, 15) is 4.79 Å². The van der Waals surface area contributed by atoms with Crippen LogP contribution < -0.4 is 15.0 Å². The zero-order chi connectivity index (χ0) is 19.8. The molecular weight excluding hydrogens is 352 g/mol. The Morgan fingerprint density at radius 2 is 1.82 bits per heavy atom. The van der Waals surface area contributed by atoms with Crippen LogP contribution in [-0.2, 0) is 6.42 Å². The first kappa shape index (κ1) is 19.4. The first-order valence-corrected chi connectivity index (χ1v) is 9.28. The average molecular weight is 376 g/mol. The summed E-state index contributed by atoms with van der Waals surface area (Å²) in [6.45, 7) is 3.14. The zero-order valence-corrected chi connectivity index (χ0v) is 16.1.